The van der Waals surface area contributed by atoms with Gasteiger partial charge in [0.1, 0.15) is 11.6 Å². The van der Waals surface area contributed by atoms with Crippen LogP contribution >= 0.6 is 0 Å². The lowest BCUT2D eigenvalue weighted by Crippen LogP contribution is -2.36. The zero-order valence-corrected chi connectivity index (χ0v) is 16.8. The van der Waals surface area contributed by atoms with Gasteiger partial charge >= 0.3 is 0 Å². The van der Waals surface area contributed by atoms with Crippen LogP contribution in [0.5, 0.6) is 11.5 Å². The molecule has 1 heterocycles. The highest BCUT2D eigenvalue weighted by Gasteiger charge is 2.46. The van der Waals surface area contributed by atoms with Crippen molar-refractivity contribution in [2.75, 3.05) is 33.4 Å². The van der Waals surface area contributed by atoms with E-state index in [1.807, 2.05) is 0 Å². The Hall–Kier alpha value is -3.43. The standard InChI is InChI=1S/C22H23FN2O6/c1-31-17-12-14(4-7-16(17)27)19-18(20(28)13-2-5-15(23)6-3-13)21(29)22(30)25(19)10-8-24-9-11-26/h2-7,12,19,24,26-28H,8-11H2,1H3/t19-/m0/s1. The monoisotopic (exact) mass is 430 g/mol. The molecule has 31 heavy (non-hydrogen) atoms. The van der Waals surface area contributed by atoms with Gasteiger partial charge in [0.2, 0.25) is 0 Å². The molecular formula is C22H23FN2O6. The van der Waals surface area contributed by atoms with Crippen LogP contribution < -0.4 is 10.1 Å². The number of rotatable bonds is 8. The molecule has 0 unspecified atom stereocenters. The molecule has 1 fully saturated rings. The van der Waals surface area contributed by atoms with Gasteiger partial charge in [-0.15, -0.1) is 0 Å². The maximum atomic E-state index is 13.3. The van der Waals surface area contributed by atoms with E-state index in [4.69, 9.17) is 9.84 Å². The predicted octanol–water partition coefficient (Wildman–Crippen LogP) is 1.54. The van der Waals surface area contributed by atoms with E-state index in [0.717, 1.165) is 12.1 Å². The van der Waals surface area contributed by atoms with Crippen LogP contribution in [0.1, 0.15) is 17.2 Å². The van der Waals surface area contributed by atoms with Crippen LogP contribution in [-0.2, 0) is 9.59 Å². The minimum absolute atomic E-state index is 0.0814. The number of ether oxygens (including phenoxy) is 1. The third-order valence-electron chi connectivity index (χ3n) is 5.00. The van der Waals surface area contributed by atoms with Gasteiger partial charge in [0.05, 0.1) is 25.3 Å². The second-order valence-corrected chi connectivity index (χ2v) is 6.90. The molecule has 0 radical (unpaired) electrons. The van der Waals surface area contributed by atoms with Crippen molar-refractivity contribution in [2.45, 2.75) is 6.04 Å². The normalized spacial score (nSPS) is 17.9. The maximum Gasteiger partial charge on any atom is 0.295 e. The van der Waals surface area contributed by atoms with Crippen LogP contribution in [0, 0.1) is 5.82 Å². The second kappa shape index (κ2) is 9.59. The summed E-state index contributed by atoms with van der Waals surface area (Å²) in [6, 6.07) is 8.35. The fourth-order valence-corrected chi connectivity index (χ4v) is 3.49. The van der Waals surface area contributed by atoms with E-state index in [-0.39, 0.29) is 35.8 Å². The molecule has 9 heteroatoms. The number of methoxy groups -OCH3 is 1. The van der Waals surface area contributed by atoms with Crippen molar-refractivity contribution in [1.29, 1.82) is 0 Å². The number of Topliss-reactive ketones (excluding diaryl/α,β-unsaturated/α-hetero) is 1. The van der Waals surface area contributed by atoms with Crippen molar-refractivity contribution >= 4 is 17.4 Å². The van der Waals surface area contributed by atoms with Crippen molar-refractivity contribution in [1.82, 2.24) is 10.2 Å². The molecule has 0 aromatic heterocycles. The molecule has 1 aliphatic heterocycles. The molecule has 164 valence electrons. The number of nitrogens with one attached hydrogen (secondary N) is 1. The quantitative estimate of drug-likeness (QED) is 0.217. The van der Waals surface area contributed by atoms with Crippen LogP contribution in [-0.4, -0.2) is 65.3 Å². The number of likely N-dealkylation sites (tertiary alicyclic amines) is 1. The Labute approximate surface area is 178 Å². The van der Waals surface area contributed by atoms with Gasteiger partial charge in [-0.05, 0) is 42.0 Å². The molecule has 1 atom stereocenters. The summed E-state index contributed by atoms with van der Waals surface area (Å²) in [5.74, 6) is -2.59. The van der Waals surface area contributed by atoms with E-state index in [1.54, 1.807) is 0 Å². The van der Waals surface area contributed by atoms with Gasteiger partial charge in [0.25, 0.3) is 11.7 Å². The number of aliphatic hydroxyl groups excluding tert-OH is 2. The van der Waals surface area contributed by atoms with Crippen molar-refractivity contribution in [3.8, 4) is 11.5 Å². The van der Waals surface area contributed by atoms with Gasteiger partial charge < -0.3 is 30.3 Å². The fourth-order valence-electron chi connectivity index (χ4n) is 3.49. The van der Waals surface area contributed by atoms with Gasteiger partial charge in [-0.25, -0.2) is 4.39 Å². The SMILES string of the molecule is COc1cc([C@H]2C(=C(O)c3ccc(F)cc3)C(=O)C(=O)N2CCNCCO)ccc1O. The lowest BCUT2D eigenvalue weighted by Gasteiger charge is -2.26. The van der Waals surface area contributed by atoms with E-state index in [1.165, 1.54) is 42.3 Å². The van der Waals surface area contributed by atoms with Crippen molar-refractivity contribution in [3.63, 3.8) is 0 Å². The Balaban J connectivity index is 2.10. The van der Waals surface area contributed by atoms with Gasteiger partial charge in [-0.3, -0.25) is 9.59 Å². The van der Waals surface area contributed by atoms with Gasteiger partial charge in [0, 0.05) is 25.2 Å². The Morgan fingerprint density at radius 1 is 1.16 bits per heavy atom. The molecule has 0 spiro atoms. The van der Waals surface area contributed by atoms with Crippen LogP contribution in [0.25, 0.3) is 5.76 Å². The zero-order valence-electron chi connectivity index (χ0n) is 16.8. The molecule has 1 amide bonds. The first-order valence-corrected chi connectivity index (χ1v) is 9.61. The minimum Gasteiger partial charge on any atom is -0.507 e. The summed E-state index contributed by atoms with van der Waals surface area (Å²) in [5.41, 5.74) is 0.486. The highest BCUT2D eigenvalue weighted by molar-refractivity contribution is 6.46. The lowest BCUT2D eigenvalue weighted by atomic mass is 9.95. The molecule has 1 aliphatic rings. The van der Waals surface area contributed by atoms with Crippen LogP contribution in [0.2, 0.25) is 0 Å². The molecule has 3 rings (SSSR count). The molecule has 0 aliphatic carbocycles. The van der Waals surface area contributed by atoms with E-state index >= 15 is 0 Å². The Morgan fingerprint density at radius 3 is 2.52 bits per heavy atom. The third-order valence-corrected chi connectivity index (χ3v) is 5.00. The number of phenolic OH excluding ortho intramolecular Hbond substituents is 1. The topological polar surface area (TPSA) is 119 Å². The number of ketones is 1. The van der Waals surface area contributed by atoms with Crippen LogP contribution in [0.4, 0.5) is 4.39 Å². The van der Waals surface area contributed by atoms with Crippen molar-refractivity contribution in [2.24, 2.45) is 0 Å². The van der Waals surface area contributed by atoms with Gasteiger partial charge in [-0.1, -0.05) is 6.07 Å². The number of phenols is 1. The third kappa shape index (κ3) is 4.52. The summed E-state index contributed by atoms with van der Waals surface area (Å²) < 4.78 is 18.4. The zero-order chi connectivity index (χ0) is 22.5. The summed E-state index contributed by atoms with van der Waals surface area (Å²) in [6.45, 7) is 0.660. The first kappa shape index (κ1) is 22.3. The summed E-state index contributed by atoms with van der Waals surface area (Å²) in [7, 11) is 1.37. The van der Waals surface area contributed by atoms with E-state index in [2.05, 4.69) is 5.32 Å². The molecule has 0 bridgehead atoms. The number of benzene rings is 2. The largest absolute Gasteiger partial charge is 0.507 e. The Morgan fingerprint density at radius 2 is 1.87 bits per heavy atom. The average molecular weight is 430 g/mol. The van der Waals surface area contributed by atoms with Crippen molar-refractivity contribution in [3.05, 3.63) is 65.0 Å². The number of aliphatic hydroxyl groups is 2. The summed E-state index contributed by atoms with van der Waals surface area (Å²) in [5, 5.41) is 32.7. The highest BCUT2D eigenvalue weighted by atomic mass is 19.1. The van der Waals surface area contributed by atoms with Crippen LogP contribution in [0.3, 0.4) is 0 Å². The molecule has 4 N–H and O–H groups in total. The smallest absolute Gasteiger partial charge is 0.295 e. The summed E-state index contributed by atoms with van der Waals surface area (Å²) in [4.78, 5) is 27.0. The number of nitrogens with zero attached hydrogens (tertiary/aromatic N) is 1. The number of carbonyl (C=O) groups excluding carboxylic acids is 2. The maximum absolute atomic E-state index is 13.3. The number of aromatic hydroxyl groups is 1. The molecular weight excluding hydrogens is 407 g/mol. The molecule has 2 aromatic carbocycles. The highest BCUT2D eigenvalue weighted by Crippen LogP contribution is 2.41. The van der Waals surface area contributed by atoms with Crippen molar-refractivity contribution < 1.29 is 34.0 Å². The average Bonchev–Trinajstić information content (AvgIpc) is 3.02. The summed E-state index contributed by atoms with van der Waals surface area (Å²) >= 11 is 0. The fraction of sp³-hybridized carbons (Fsp3) is 0.273. The number of halogens is 1. The first-order valence-electron chi connectivity index (χ1n) is 9.61. The Bertz CT molecular complexity index is 1010. The number of amides is 1. The first-order chi connectivity index (χ1) is 14.9. The number of hydrogen-bond acceptors (Lipinski definition) is 7. The second-order valence-electron chi connectivity index (χ2n) is 6.90. The summed E-state index contributed by atoms with van der Waals surface area (Å²) in [6.07, 6.45) is 0. The van der Waals surface area contributed by atoms with Gasteiger partial charge in [-0.2, -0.15) is 0 Å². The van der Waals surface area contributed by atoms with Crippen LogP contribution in [0.15, 0.2) is 48.0 Å². The predicted molar refractivity (Wildman–Crippen MR) is 110 cm³/mol. The molecule has 1 saturated heterocycles. The minimum atomic E-state index is -0.949. The molecule has 0 saturated carbocycles. The Kier molecular flexibility index (Phi) is 6.88. The number of hydrogen-bond donors (Lipinski definition) is 4. The lowest BCUT2D eigenvalue weighted by molar-refractivity contribution is -0.139. The van der Waals surface area contributed by atoms with E-state index in [9.17, 15) is 24.2 Å². The molecule has 8 nitrogen and oxygen atoms in total. The van der Waals surface area contributed by atoms with E-state index in [0.29, 0.717) is 18.7 Å². The molecule has 2 aromatic rings. The van der Waals surface area contributed by atoms with E-state index < -0.39 is 29.3 Å². The number of carbonyl (C=O) groups is 2. The van der Waals surface area contributed by atoms with Gasteiger partial charge in [0.15, 0.2) is 11.5 Å².